The molecule has 2 fully saturated rings. The van der Waals surface area contributed by atoms with Crippen LogP contribution in [0.1, 0.15) is 78.6 Å². The number of hydrogen-bond donors (Lipinski definition) is 3. The first-order valence-corrected chi connectivity index (χ1v) is 9.78. The van der Waals surface area contributed by atoms with Crippen LogP contribution >= 0.6 is 0 Å². The van der Waals surface area contributed by atoms with Gasteiger partial charge < -0.3 is 16.4 Å². The molecule has 0 radical (unpaired) electrons. The van der Waals surface area contributed by atoms with E-state index in [4.69, 9.17) is 5.73 Å². The normalized spacial score (nSPS) is 34.8. The molecule has 4 N–H and O–H groups in total. The summed E-state index contributed by atoms with van der Waals surface area (Å²) in [5, 5.41) is 7.48. The number of rotatable bonds is 7. The van der Waals surface area contributed by atoms with Gasteiger partial charge in [0.25, 0.3) is 0 Å². The Morgan fingerprint density at radius 1 is 0.864 bits per heavy atom. The van der Waals surface area contributed by atoms with Crippen LogP contribution in [0.4, 0.5) is 0 Å². The fourth-order valence-electron chi connectivity index (χ4n) is 4.33. The minimum Gasteiger partial charge on any atom is -0.328 e. The van der Waals surface area contributed by atoms with E-state index < -0.39 is 0 Å². The lowest BCUT2D eigenvalue weighted by molar-refractivity contribution is 0.227. The molecule has 0 aromatic carbocycles. The Kier molecular flexibility index (Phi) is 7.66. The minimum atomic E-state index is 0.461. The predicted octanol–water partition coefficient (Wildman–Crippen LogP) is 3.43. The van der Waals surface area contributed by atoms with Gasteiger partial charge in [-0.05, 0) is 70.3 Å². The molecular formula is C19H39N3. The summed E-state index contributed by atoms with van der Waals surface area (Å²) in [5.41, 5.74) is 6.00. The topological polar surface area (TPSA) is 50.1 Å². The Bertz CT molecular complexity index is 289. The van der Waals surface area contributed by atoms with Crippen LogP contribution in [0.25, 0.3) is 0 Å². The lowest BCUT2D eigenvalue weighted by Crippen LogP contribution is -2.42. The highest BCUT2D eigenvalue weighted by Gasteiger charge is 2.24. The summed E-state index contributed by atoms with van der Waals surface area (Å²) in [5.74, 6) is 1.87. The van der Waals surface area contributed by atoms with Crippen molar-refractivity contribution in [3.05, 3.63) is 0 Å². The van der Waals surface area contributed by atoms with E-state index in [0.717, 1.165) is 17.9 Å². The van der Waals surface area contributed by atoms with E-state index in [9.17, 15) is 0 Å². The summed E-state index contributed by atoms with van der Waals surface area (Å²) < 4.78 is 0. The average Bonchev–Trinajstić information content (AvgIpc) is 2.49. The standard InChI is InChI=1S/C19H39N3/c1-14(2)21-13-17-6-4-16(5-7-17)12-15(3)22-19-10-8-18(20)9-11-19/h14-19,21-22H,4-13,20H2,1-3H3. The molecule has 0 saturated heterocycles. The summed E-state index contributed by atoms with van der Waals surface area (Å²) in [4.78, 5) is 0. The van der Waals surface area contributed by atoms with Gasteiger partial charge in [0.15, 0.2) is 0 Å². The third-order valence-electron chi connectivity index (χ3n) is 5.76. The Labute approximate surface area is 138 Å². The van der Waals surface area contributed by atoms with Gasteiger partial charge in [-0.15, -0.1) is 0 Å². The quantitative estimate of drug-likeness (QED) is 0.675. The van der Waals surface area contributed by atoms with Crippen molar-refractivity contribution in [1.82, 2.24) is 10.6 Å². The summed E-state index contributed by atoms with van der Waals surface area (Å²) in [6.07, 6.45) is 12.1. The second kappa shape index (κ2) is 9.24. The van der Waals surface area contributed by atoms with E-state index in [0.29, 0.717) is 18.1 Å². The van der Waals surface area contributed by atoms with Crippen molar-refractivity contribution in [3.63, 3.8) is 0 Å². The molecule has 0 aromatic rings. The van der Waals surface area contributed by atoms with Crippen LogP contribution in [0.3, 0.4) is 0 Å². The molecule has 3 nitrogen and oxygen atoms in total. The van der Waals surface area contributed by atoms with E-state index in [-0.39, 0.29) is 0 Å². The monoisotopic (exact) mass is 309 g/mol. The summed E-state index contributed by atoms with van der Waals surface area (Å²) in [7, 11) is 0. The van der Waals surface area contributed by atoms with Crippen LogP contribution in [-0.2, 0) is 0 Å². The molecule has 130 valence electrons. The predicted molar refractivity (Wildman–Crippen MR) is 96.0 cm³/mol. The highest BCUT2D eigenvalue weighted by atomic mass is 14.9. The number of hydrogen-bond acceptors (Lipinski definition) is 3. The lowest BCUT2D eigenvalue weighted by atomic mass is 9.79. The zero-order valence-electron chi connectivity index (χ0n) is 15.1. The van der Waals surface area contributed by atoms with Gasteiger partial charge in [0.05, 0.1) is 0 Å². The second-order valence-corrected chi connectivity index (χ2v) is 8.36. The number of nitrogens with one attached hydrogen (secondary N) is 2. The smallest absolute Gasteiger partial charge is 0.00706 e. The molecule has 0 heterocycles. The van der Waals surface area contributed by atoms with Crippen molar-refractivity contribution in [2.24, 2.45) is 17.6 Å². The first-order chi connectivity index (χ1) is 10.5. The zero-order valence-corrected chi connectivity index (χ0v) is 15.1. The Hall–Kier alpha value is -0.120. The highest BCUT2D eigenvalue weighted by Crippen LogP contribution is 2.31. The van der Waals surface area contributed by atoms with Crippen molar-refractivity contribution < 1.29 is 0 Å². The fourth-order valence-corrected chi connectivity index (χ4v) is 4.33. The zero-order chi connectivity index (χ0) is 15.9. The van der Waals surface area contributed by atoms with Gasteiger partial charge in [-0.2, -0.15) is 0 Å². The molecule has 3 heteroatoms. The van der Waals surface area contributed by atoms with Crippen LogP contribution in [-0.4, -0.2) is 30.7 Å². The van der Waals surface area contributed by atoms with Gasteiger partial charge in [0.2, 0.25) is 0 Å². The first-order valence-electron chi connectivity index (χ1n) is 9.78. The average molecular weight is 310 g/mol. The largest absolute Gasteiger partial charge is 0.328 e. The molecule has 0 spiro atoms. The SMILES string of the molecule is CC(C)NCC1CCC(CC(C)NC2CCC(N)CC2)CC1. The first kappa shape index (κ1) is 18.2. The maximum atomic E-state index is 6.00. The van der Waals surface area contributed by atoms with Crippen LogP contribution in [0.2, 0.25) is 0 Å². The van der Waals surface area contributed by atoms with E-state index >= 15 is 0 Å². The van der Waals surface area contributed by atoms with E-state index in [1.54, 1.807) is 0 Å². The van der Waals surface area contributed by atoms with E-state index in [1.807, 2.05) is 0 Å². The third-order valence-corrected chi connectivity index (χ3v) is 5.76. The molecule has 2 aliphatic carbocycles. The van der Waals surface area contributed by atoms with Gasteiger partial charge >= 0.3 is 0 Å². The molecule has 2 aliphatic rings. The molecule has 0 bridgehead atoms. The van der Waals surface area contributed by atoms with Crippen LogP contribution in [0.5, 0.6) is 0 Å². The molecule has 2 rings (SSSR count). The Balaban J connectivity index is 1.59. The van der Waals surface area contributed by atoms with Gasteiger partial charge in [-0.1, -0.05) is 26.7 Å². The molecule has 0 aliphatic heterocycles. The van der Waals surface area contributed by atoms with Crippen molar-refractivity contribution in [2.75, 3.05) is 6.54 Å². The molecule has 1 atom stereocenters. The molecular weight excluding hydrogens is 270 g/mol. The summed E-state index contributed by atoms with van der Waals surface area (Å²) in [6.45, 7) is 8.11. The summed E-state index contributed by atoms with van der Waals surface area (Å²) in [6, 6.07) is 2.49. The van der Waals surface area contributed by atoms with Crippen molar-refractivity contribution in [1.29, 1.82) is 0 Å². The Morgan fingerprint density at radius 3 is 2.05 bits per heavy atom. The van der Waals surface area contributed by atoms with Crippen LogP contribution in [0.15, 0.2) is 0 Å². The summed E-state index contributed by atoms with van der Waals surface area (Å²) >= 11 is 0. The molecule has 1 unspecified atom stereocenters. The van der Waals surface area contributed by atoms with E-state index in [1.165, 1.54) is 64.3 Å². The second-order valence-electron chi connectivity index (χ2n) is 8.36. The van der Waals surface area contributed by atoms with Crippen LogP contribution < -0.4 is 16.4 Å². The Morgan fingerprint density at radius 2 is 1.45 bits per heavy atom. The van der Waals surface area contributed by atoms with Gasteiger partial charge in [-0.25, -0.2) is 0 Å². The van der Waals surface area contributed by atoms with E-state index in [2.05, 4.69) is 31.4 Å². The van der Waals surface area contributed by atoms with Crippen molar-refractivity contribution in [2.45, 2.75) is 103 Å². The minimum absolute atomic E-state index is 0.461. The lowest BCUT2D eigenvalue weighted by Gasteiger charge is -2.33. The number of nitrogens with two attached hydrogens (primary N) is 1. The third kappa shape index (κ3) is 6.55. The molecule has 0 aromatic heterocycles. The molecule has 22 heavy (non-hydrogen) atoms. The van der Waals surface area contributed by atoms with Crippen molar-refractivity contribution >= 4 is 0 Å². The van der Waals surface area contributed by atoms with Gasteiger partial charge in [-0.3, -0.25) is 0 Å². The van der Waals surface area contributed by atoms with Crippen molar-refractivity contribution in [3.8, 4) is 0 Å². The van der Waals surface area contributed by atoms with Crippen LogP contribution in [0, 0.1) is 11.8 Å². The maximum Gasteiger partial charge on any atom is 0.00706 e. The highest BCUT2D eigenvalue weighted by molar-refractivity contribution is 4.83. The molecule has 2 saturated carbocycles. The van der Waals surface area contributed by atoms with Gasteiger partial charge in [0, 0.05) is 24.2 Å². The maximum absolute atomic E-state index is 6.00. The fraction of sp³-hybridized carbons (Fsp3) is 1.00. The van der Waals surface area contributed by atoms with Gasteiger partial charge in [0.1, 0.15) is 0 Å². The molecule has 0 amide bonds.